The molecule has 0 radical (unpaired) electrons. The van der Waals surface area contributed by atoms with E-state index in [2.05, 4.69) is 19.1 Å². The van der Waals surface area contributed by atoms with Crippen LogP contribution in [0.2, 0.25) is 0 Å². The van der Waals surface area contributed by atoms with Gasteiger partial charge in [-0.1, -0.05) is 36.8 Å². The van der Waals surface area contributed by atoms with Crippen molar-refractivity contribution in [3.8, 4) is 6.07 Å². The molecule has 4 aliphatic rings. The highest BCUT2D eigenvalue weighted by molar-refractivity contribution is 5.74. The second-order valence-electron chi connectivity index (χ2n) is 9.81. The van der Waals surface area contributed by atoms with Gasteiger partial charge in [0.2, 0.25) is 0 Å². The molecule has 5 rings (SSSR count). The van der Waals surface area contributed by atoms with E-state index in [1.807, 2.05) is 30.3 Å². The standard InChI is InChI=1S/C26H29NO3/c1-25-14-24(29)21-13-18-12-19(28)8-10-26(18,30)11-9-20(21)23(25)7-6-22(25)17-4-2-16(15-27)3-5-17/h2-6,13,19,23-24,28-30H,7-12,14H2,1H3/t19?,23?,24?,25?,26-/m0/s1. The molecular formula is C26H29NO3. The molecule has 0 amide bonds. The van der Waals surface area contributed by atoms with E-state index in [0.717, 1.165) is 29.6 Å². The van der Waals surface area contributed by atoms with Crippen molar-refractivity contribution >= 4 is 5.57 Å². The van der Waals surface area contributed by atoms with E-state index in [0.29, 0.717) is 43.6 Å². The Labute approximate surface area is 177 Å². The molecule has 0 aromatic heterocycles. The van der Waals surface area contributed by atoms with Gasteiger partial charge in [0.1, 0.15) is 0 Å². The Morgan fingerprint density at radius 2 is 1.90 bits per heavy atom. The average Bonchev–Trinajstić information content (AvgIpc) is 2.98. The predicted octanol–water partition coefficient (Wildman–Crippen LogP) is 4.03. The quantitative estimate of drug-likeness (QED) is 0.661. The van der Waals surface area contributed by atoms with Crippen LogP contribution in [-0.4, -0.2) is 33.1 Å². The van der Waals surface area contributed by atoms with Gasteiger partial charge < -0.3 is 15.3 Å². The maximum absolute atomic E-state index is 11.3. The van der Waals surface area contributed by atoms with Gasteiger partial charge in [0, 0.05) is 5.41 Å². The number of aliphatic hydroxyl groups excluding tert-OH is 2. The third kappa shape index (κ3) is 2.92. The molecule has 4 heteroatoms. The molecule has 0 saturated heterocycles. The van der Waals surface area contributed by atoms with Gasteiger partial charge in [-0.05, 0) is 85.3 Å². The molecule has 1 saturated carbocycles. The van der Waals surface area contributed by atoms with Crippen molar-refractivity contribution in [2.75, 3.05) is 0 Å². The van der Waals surface area contributed by atoms with Crippen LogP contribution in [0.5, 0.6) is 0 Å². The zero-order valence-electron chi connectivity index (χ0n) is 17.4. The summed E-state index contributed by atoms with van der Waals surface area (Å²) in [6.07, 6.45) is 8.10. The molecular weight excluding hydrogens is 374 g/mol. The minimum atomic E-state index is -0.853. The van der Waals surface area contributed by atoms with Gasteiger partial charge in [0.05, 0.1) is 29.4 Å². The summed E-state index contributed by atoms with van der Waals surface area (Å²) in [4.78, 5) is 0. The summed E-state index contributed by atoms with van der Waals surface area (Å²) in [7, 11) is 0. The van der Waals surface area contributed by atoms with Crippen LogP contribution in [0, 0.1) is 22.7 Å². The number of benzene rings is 1. The topological polar surface area (TPSA) is 84.5 Å². The van der Waals surface area contributed by atoms with Crippen molar-refractivity contribution in [1.29, 1.82) is 5.26 Å². The number of hydrogen-bond donors (Lipinski definition) is 3. The SMILES string of the molecule is CC12CC(O)C3=C(CC[C@@]4(O)CCC(O)CC4=C3)C1CC=C2c1ccc(C#N)cc1. The Morgan fingerprint density at radius 1 is 1.13 bits per heavy atom. The van der Waals surface area contributed by atoms with E-state index in [9.17, 15) is 15.3 Å². The first-order valence-corrected chi connectivity index (χ1v) is 11.1. The van der Waals surface area contributed by atoms with Crippen molar-refractivity contribution in [2.24, 2.45) is 11.3 Å². The third-order valence-electron chi connectivity index (χ3n) is 8.12. The normalized spacial score (nSPS) is 37.9. The summed E-state index contributed by atoms with van der Waals surface area (Å²) in [6, 6.07) is 9.93. The van der Waals surface area contributed by atoms with Gasteiger partial charge in [-0.3, -0.25) is 0 Å². The molecule has 0 spiro atoms. The smallest absolute Gasteiger partial charge is 0.0991 e. The Balaban J connectivity index is 1.52. The number of rotatable bonds is 1. The van der Waals surface area contributed by atoms with E-state index in [1.54, 1.807) is 0 Å². The summed E-state index contributed by atoms with van der Waals surface area (Å²) in [5.41, 5.74) is 5.17. The van der Waals surface area contributed by atoms with Gasteiger partial charge in [-0.2, -0.15) is 5.26 Å². The zero-order valence-corrected chi connectivity index (χ0v) is 17.4. The number of allylic oxidation sites excluding steroid dienone is 3. The predicted molar refractivity (Wildman–Crippen MR) is 115 cm³/mol. The van der Waals surface area contributed by atoms with Crippen molar-refractivity contribution in [2.45, 2.75) is 69.7 Å². The first kappa shape index (κ1) is 19.8. The molecule has 1 aromatic carbocycles. The Morgan fingerprint density at radius 3 is 2.63 bits per heavy atom. The lowest BCUT2D eigenvalue weighted by atomic mass is 9.61. The van der Waals surface area contributed by atoms with Crippen LogP contribution in [-0.2, 0) is 0 Å². The van der Waals surface area contributed by atoms with Crippen molar-refractivity contribution < 1.29 is 15.3 Å². The molecule has 4 nitrogen and oxygen atoms in total. The second kappa shape index (κ2) is 6.92. The highest BCUT2D eigenvalue weighted by Gasteiger charge is 2.50. The molecule has 5 atom stereocenters. The van der Waals surface area contributed by atoms with Crippen molar-refractivity contribution in [3.05, 3.63) is 64.3 Å². The summed E-state index contributed by atoms with van der Waals surface area (Å²) < 4.78 is 0. The van der Waals surface area contributed by atoms with Crippen LogP contribution in [0.1, 0.15) is 63.0 Å². The fourth-order valence-corrected chi connectivity index (χ4v) is 6.42. The lowest BCUT2D eigenvalue weighted by molar-refractivity contribution is 0.00863. The number of nitriles is 1. The van der Waals surface area contributed by atoms with Crippen LogP contribution in [0.4, 0.5) is 0 Å². The van der Waals surface area contributed by atoms with E-state index < -0.39 is 17.8 Å². The molecule has 4 aliphatic carbocycles. The summed E-state index contributed by atoms with van der Waals surface area (Å²) in [6.45, 7) is 2.26. The number of fused-ring (bicyclic) bond motifs is 3. The molecule has 1 aromatic rings. The molecule has 0 heterocycles. The lowest BCUT2D eigenvalue weighted by Gasteiger charge is -2.43. The number of hydrogen-bond acceptors (Lipinski definition) is 4. The molecule has 3 N–H and O–H groups in total. The van der Waals surface area contributed by atoms with Crippen molar-refractivity contribution in [1.82, 2.24) is 0 Å². The van der Waals surface area contributed by atoms with Crippen LogP contribution in [0.25, 0.3) is 5.57 Å². The van der Waals surface area contributed by atoms with Crippen LogP contribution in [0.3, 0.4) is 0 Å². The average molecular weight is 404 g/mol. The fourth-order valence-electron chi connectivity index (χ4n) is 6.42. The Bertz CT molecular complexity index is 1010. The van der Waals surface area contributed by atoms with E-state index >= 15 is 0 Å². The van der Waals surface area contributed by atoms with E-state index in [4.69, 9.17) is 5.26 Å². The van der Waals surface area contributed by atoms with Crippen LogP contribution >= 0.6 is 0 Å². The van der Waals surface area contributed by atoms with E-state index in [1.165, 1.54) is 11.1 Å². The Kier molecular flexibility index (Phi) is 4.56. The maximum Gasteiger partial charge on any atom is 0.0991 e. The van der Waals surface area contributed by atoms with Crippen LogP contribution < -0.4 is 0 Å². The molecule has 30 heavy (non-hydrogen) atoms. The highest BCUT2D eigenvalue weighted by Crippen LogP contribution is 2.60. The van der Waals surface area contributed by atoms with Gasteiger partial charge in [0.25, 0.3) is 0 Å². The largest absolute Gasteiger partial charge is 0.393 e. The number of nitrogens with zero attached hydrogens (tertiary/aromatic N) is 1. The first-order valence-electron chi connectivity index (χ1n) is 11.1. The molecule has 0 bridgehead atoms. The minimum absolute atomic E-state index is 0.164. The highest BCUT2D eigenvalue weighted by atomic mass is 16.3. The molecule has 0 aliphatic heterocycles. The third-order valence-corrected chi connectivity index (χ3v) is 8.12. The number of aliphatic hydroxyl groups is 3. The van der Waals surface area contributed by atoms with Gasteiger partial charge in [-0.15, -0.1) is 0 Å². The monoisotopic (exact) mass is 403 g/mol. The second-order valence-corrected chi connectivity index (χ2v) is 9.81. The molecule has 1 fully saturated rings. The molecule has 156 valence electrons. The maximum atomic E-state index is 11.3. The van der Waals surface area contributed by atoms with Gasteiger partial charge >= 0.3 is 0 Å². The minimum Gasteiger partial charge on any atom is -0.393 e. The van der Waals surface area contributed by atoms with Gasteiger partial charge in [0.15, 0.2) is 0 Å². The summed E-state index contributed by atoms with van der Waals surface area (Å²) in [5, 5.41) is 41.7. The summed E-state index contributed by atoms with van der Waals surface area (Å²) in [5.74, 6) is 0.312. The van der Waals surface area contributed by atoms with Gasteiger partial charge in [-0.25, -0.2) is 0 Å². The molecule has 4 unspecified atom stereocenters. The fraction of sp³-hybridized carbons (Fsp3) is 0.500. The van der Waals surface area contributed by atoms with Crippen molar-refractivity contribution in [3.63, 3.8) is 0 Å². The summed E-state index contributed by atoms with van der Waals surface area (Å²) >= 11 is 0. The van der Waals surface area contributed by atoms with Crippen LogP contribution in [0.15, 0.2) is 53.1 Å². The van der Waals surface area contributed by atoms with E-state index in [-0.39, 0.29) is 5.41 Å². The first-order chi connectivity index (χ1) is 14.3. The Hall–Kier alpha value is -2.19. The zero-order chi connectivity index (χ0) is 21.1. The lowest BCUT2D eigenvalue weighted by Crippen LogP contribution is -2.38.